The molecule has 0 bridgehead atoms. The van der Waals surface area contributed by atoms with Gasteiger partial charge in [0.1, 0.15) is 11.6 Å². The van der Waals surface area contributed by atoms with Crippen molar-refractivity contribution in [3.05, 3.63) is 58.0 Å². The lowest BCUT2D eigenvalue weighted by molar-refractivity contribution is 0.479. The lowest BCUT2D eigenvalue weighted by Crippen LogP contribution is -2.35. The third kappa shape index (κ3) is 2.56. The highest BCUT2D eigenvalue weighted by molar-refractivity contribution is 5.54. The van der Waals surface area contributed by atoms with Gasteiger partial charge in [-0.2, -0.15) is 5.10 Å². The first-order valence-corrected chi connectivity index (χ1v) is 9.97. The number of hydrogen-bond acceptors (Lipinski definition) is 4. The second-order valence-electron chi connectivity index (χ2n) is 8.22. The number of aromatic nitrogens is 4. The van der Waals surface area contributed by atoms with Crippen LogP contribution in [0, 0.1) is 24.6 Å². The number of aryl methyl sites for hydroxylation is 1. The monoisotopic (exact) mass is 381 g/mol. The maximum Gasteiger partial charge on any atom is 0.256 e. The molecule has 3 unspecified atom stereocenters. The predicted octanol–water partition coefficient (Wildman–Crippen LogP) is 3.51. The highest BCUT2D eigenvalue weighted by Gasteiger charge is 2.54. The molecule has 7 heteroatoms. The molecule has 3 aromatic heterocycles. The lowest BCUT2D eigenvalue weighted by atomic mass is 10.0. The molecule has 0 amide bonds. The van der Waals surface area contributed by atoms with Crippen LogP contribution < -0.4 is 10.5 Å². The van der Waals surface area contributed by atoms with E-state index in [-0.39, 0.29) is 23.5 Å². The van der Waals surface area contributed by atoms with Crippen LogP contribution in [0.1, 0.15) is 49.9 Å². The van der Waals surface area contributed by atoms with Crippen molar-refractivity contribution < 1.29 is 4.39 Å². The summed E-state index contributed by atoms with van der Waals surface area (Å²) in [7, 11) is 0. The van der Waals surface area contributed by atoms with E-state index in [1.807, 2.05) is 33.0 Å². The first kappa shape index (κ1) is 17.4. The van der Waals surface area contributed by atoms with Crippen LogP contribution in [0.2, 0.25) is 0 Å². The fourth-order valence-corrected chi connectivity index (χ4v) is 4.56. The summed E-state index contributed by atoms with van der Waals surface area (Å²) in [6.45, 7) is 6.79. The fourth-order valence-electron chi connectivity index (χ4n) is 4.56. The summed E-state index contributed by atoms with van der Waals surface area (Å²) in [5.74, 6) is 1.42. The molecule has 0 aromatic carbocycles. The molecule has 5 rings (SSSR count). The van der Waals surface area contributed by atoms with Gasteiger partial charge in [0.25, 0.3) is 5.56 Å². The van der Waals surface area contributed by atoms with Crippen molar-refractivity contribution in [3.63, 3.8) is 0 Å². The average Bonchev–Trinajstić information content (AvgIpc) is 3.21. The van der Waals surface area contributed by atoms with E-state index >= 15 is 0 Å². The van der Waals surface area contributed by atoms with Crippen molar-refractivity contribution in [3.8, 4) is 0 Å². The number of hydrogen-bond donors (Lipinski definition) is 0. The van der Waals surface area contributed by atoms with Gasteiger partial charge in [0.05, 0.1) is 12.2 Å². The number of nitrogens with zero attached hydrogens (tertiary/aromatic N) is 5. The number of anilines is 1. The van der Waals surface area contributed by atoms with Gasteiger partial charge >= 0.3 is 0 Å². The van der Waals surface area contributed by atoms with Crippen LogP contribution in [0.4, 0.5) is 10.2 Å². The molecule has 28 heavy (non-hydrogen) atoms. The topological polar surface area (TPSA) is 55.4 Å². The number of rotatable bonds is 4. The molecule has 0 spiro atoms. The van der Waals surface area contributed by atoms with E-state index in [1.165, 1.54) is 12.3 Å². The first-order valence-electron chi connectivity index (χ1n) is 9.97. The summed E-state index contributed by atoms with van der Waals surface area (Å²) < 4.78 is 17.7. The summed E-state index contributed by atoms with van der Waals surface area (Å²) in [6.07, 6.45) is 6.90. The highest BCUT2D eigenvalue weighted by atomic mass is 19.1. The normalized spacial score (nSPS) is 24.6. The molecule has 1 aliphatic heterocycles. The zero-order valence-electron chi connectivity index (χ0n) is 16.3. The molecule has 1 aliphatic carbocycles. The number of halogens is 1. The van der Waals surface area contributed by atoms with E-state index in [2.05, 4.69) is 10.00 Å². The Morgan fingerprint density at radius 1 is 1.39 bits per heavy atom. The van der Waals surface area contributed by atoms with Crippen molar-refractivity contribution in [2.75, 3.05) is 11.4 Å². The molecular weight excluding hydrogens is 357 g/mol. The Bertz CT molecular complexity index is 1120. The third-order valence-corrected chi connectivity index (χ3v) is 6.40. The molecule has 1 saturated heterocycles. The summed E-state index contributed by atoms with van der Waals surface area (Å²) >= 11 is 0. The largest absolute Gasteiger partial charge is 0.349 e. The second-order valence-corrected chi connectivity index (χ2v) is 8.22. The Morgan fingerprint density at radius 3 is 3.00 bits per heavy atom. The van der Waals surface area contributed by atoms with Crippen molar-refractivity contribution >= 4 is 11.5 Å². The lowest BCUT2D eigenvalue weighted by Gasteiger charge is -2.29. The van der Waals surface area contributed by atoms with Gasteiger partial charge in [-0.25, -0.2) is 13.9 Å². The molecule has 2 fully saturated rings. The van der Waals surface area contributed by atoms with E-state index in [1.54, 1.807) is 15.3 Å². The van der Waals surface area contributed by atoms with E-state index in [0.717, 1.165) is 36.4 Å². The number of piperidine rings is 1. The molecule has 6 nitrogen and oxygen atoms in total. The minimum atomic E-state index is -0.353. The van der Waals surface area contributed by atoms with Crippen molar-refractivity contribution in [2.45, 2.75) is 45.7 Å². The summed E-state index contributed by atoms with van der Waals surface area (Å²) in [4.78, 5) is 20.2. The van der Waals surface area contributed by atoms with Gasteiger partial charge in [-0.15, -0.1) is 0 Å². The average molecular weight is 381 g/mol. The van der Waals surface area contributed by atoms with E-state index in [4.69, 9.17) is 4.98 Å². The van der Waals surface area contributed by atoms with Gasteiger partial charge < -0.3 is 9.47 Å². The zero-order chi connectivity index (χ0) is 19.6. The minimum absolute atomic E-state index is 0.0317. The molecule has 1 saturated carbocycles. The third-order valence-electron chi connectivity index (χ3n) is 6.40. The summed E-state index contributed by atoms with van der Waals surface area (Å²) in [5, 5.41) is 4.29. The number of pyridine rings is 1. The van der Waals surface area contributed by atoms with Gasteiger partial charge in [-0.3, -0.25) is 4.79 Å². The Balaban J connectivity index is 1.61. The Morgan fingerprint density at radius 2 is 2.21 bits per heavy atom. The van der Waals surface area contributed by atoms with Crippen LogP contribution in [0.25, 0.3) is 5.65 Å². The Hall–Kier alpha value is -2.70. The van der Waals surface area contributed by atoms with E-state index < -0.39 is 0 Å². The Kier molecular flexibility index (Phi) is 3.82. The van der Waals surface area contributed by atoms with Crippen molar-refractivity contribution in [1.29, 1.82) is 0 Å². The van der Waals surface area contributed by atoms with Crippen LogP contribution in [0.3, 0.4) is 0 Å². The maximum atomic E-state index is 14.4. The van der Waals surface area contributed by atoms with Gasteiger partial charge in [-0.1, -0.05) is 6.92 Å². The first-order chi connectivity index (χ1) is 13.5. The summed E-state index contributed by atoms with van der Waals surface area (Å²) in [5.41, 5.74) is 2.29. The van der Waals surface area contributed by atoms with Crippen molar-refractivity contribution in [2.24, 2.45) is 11.8 Å². The van der Waals surface area contributed by atoms with Gasteiger partial charge in [0.2, 0.25) is 0 Å². The molecule has 146 valence electrons. The SMILES string of the molecule is CC[C@H](C)n1cc(F)cc(C2C3CC3CN2c2ccn3ncc(C)c3n2)c1=O. The van der Waals surface area contributed by atoms with Crippen molar-refractivity contribution in [1.82, 2.24) is 19.2 Å². The van der Waals surface area contributed by atoms with Gasteiger partial charge in [0.15, 0.2) is 5.65 Å². The predicted molar refractivity (Wildman–Crippen MR) is 105 cm³/mol. The van der Waals surface area contributed by atoms with Crippen LogP contribution in [0.15, 0.2) is 35.5 Å². The smallest absolute Gasteiger partial charge is 0.256 e. The fraction of sp³-hybridized carbons (Fsp3) is 0.476. The van der Waals surface area contributed by atoms with Gasteiger partial charge in [-0.05, 0) is 50.7 Å². The van der Waals surface area contributed by atoms with Crippen LogP contribution >= 0.6 is 0 Å². The number of fused-ring (bicyclic) bond motifs is 2. The molecule has 3 aromatic rings. The quantitative estimate of drug-likeness (QED) is 0.694. The van der Waals surface area contributed by atoms with Crippen LogP contribution in [-0.4, -0.2) is 25.7 Å². The van der Waals surface area contributed by atoms with Gasteiger partial charge in [0, 0.05) is 36.1 Å². The second kappa shape index (κ2) is 6.15. The maximum absolute atomic E-state index is 14.4. The van der Waals surface area contributed by atoms with E-state index in [0.29, 0.717) is 17.4 Å². The molecule has 0 N–H and O–H groups in total. The van der Waals surface area contributed by atoms with Crippen LogP contribution in [0.5, 0.6) is 0 Å². The van der Waals surface area contributed by atoms with Crippen LogP contribution in [-0.2, 0) is 0 Å². The standard InChI is InChI=1S/C21H24FN5O/c1-4-13(3)25-11-15(22)8-17(21(25)28)19-16-7-14(16)10-26(19)18-5-6-27-20(24-18)12(2)9-23-27/h5-6,8-9,11,13-14,16,19H,4,7,10H2,1-3H3/t13-,14?,16?,19?/m0/s1. The molecular formula is C21H24FN5O. The Labute approximate surface area is 162 Å². The summed E-state index contributed by atoms with van der Waals surface area (Å²) in [6, 6.07) is 3.21. The highest BCUT2D eigenvalue weighted by Crippen LogP contribution is 2.56. The zero-order valence-corrected chi connectivity index (χ0v) is 16.3. The van der Waals surface area contributed by atoms with E-state index in [9.17, 15) is 9.18 Å². The molecule has 4 atom stereocenters. The minimum Gasteiger partial charge on any atom is -0.349 e. The molecule has 2 aliphatic rings. The molecule has 0 radical (unpaired) electrons. The molecule has 4 heterocycles.